The Bertz CT molecular complexity index is 784. The second kappa shape index (κ2) is 5.87. The lowest BCUT2D eigenvalue weighted by atomic mass is 10.2. The Labute approximate surface area is 131 Å². The predicted octanol–water partition coefficient (Wildman–Crippen LogP) is 0.355. The first-order valence-corrected chi connectivity index (χ1v) is 6.79. The standard InChI is InChI=1S/C14H14N6O3/c1-9(21)19-7-11(6-14(19)22)16-10-3-4-12(13(5-10)23-2)20-8-15-17-18-20/h3-6,8,16H,7H2,1-2H3. The number of hydrogen-bond donors (Lipinski definition) is 1. The van der Waals surface area contributed by atoms with Crippen molar-refractivity contribution >= 4 is 17.5 Å². The summed E-state index contributed by atoms with van der Waals surface area (Å²) in [6.07, 6.45) is 2.87. The Morgan fingerprint density at radius 3 is 2.83 bits per heavy atom. The smallest absolute Gasteiger partial charge is 0.255 e. The molecule has 23 heavy (non-hydrogen) atoms. The largest absolute Gasteiger partial charge is 0.494 e. The number of nitrogens with zero attached hydrogens (tertiary/aromatic N) is 5. The molecule has 9 nitrogen and oxygen atoms in total. The van der Waals surface area contributed by atoms with E-state index in [0.717, 1.165) is 10.6 Å². The monoisotopic (exact) mass is 314 g/mol. The van der Waals surface area contributed by atoms with E-state index in [1.54, 1.807) is 25.3 Å². The highest BCUT2D eigenvalue weighted by Crippen LogP contribution is 2.27. The van der Waals surface area contributed by atoms with Crippen molar-refractivity contribution in [3.8, 4) is 11.4 Å². The molecule has 118 valence electrons. The summed E-state index contributed by atoms with van der Waals surface area (Å²) in [5.41, 5.74) is 2.05. The summed E-state index contributed by atoms with van der Waals surface area (Å²) < 4.78 is 6.83. The first-order valence-electron chi connectivity index (χ1n) is 6.79. The molecule has 2 heterocycles. The lowest BCUT2D eigenvalue weighted by Gasteiger charge is -2.14. The number of aromatic nitrogens is 4. The molecule has 3 rings (SSSR count). The molecule has 0 bridgehead atoms. The third-order valence-corrected chi connectivity index (χ3v) is 3.35. The highest BCUT2D eigenvalue weighted by molar-refractivity contribution is 6.03. The van der Waals surface area contributed by atoms with Crippen molar-refractivity contribution in [3.05, 3.63) is 36.3 Å². The van der Waals surface area contributed by atoms with Gasteiger partial charge in [0.05, 0.1) is 13.7 Å². The van der Waals surface area contributed by atoms with E-state index >= 15 is 0 Å². The molecule has 2 aromatic rings. The fourth-order valence-corrected chi connectivity index (χ4v) is 2.26. The van der Waals surface area contributed by atoms with Crippen LogP contribution in [0.3, 0.4) is 0 Å². The average molecular weight is 314 g/mol. The maximum absolute atomic E-state index is 11.7. The molecule has 1 N–H and O–H groups in total. The number of ether oxygens (including phenoxy) is 1. The van der Waals surface area contributed by atoms with Gasteiger partial charge in [0.1, 0.15) is 17.8 Å². The summed E-state index contributed by atoms with van der Waals surface area (Å²) in [4.78, 5) is 24.2. The molecule has 0 saturated carbocycles. The van der Waals surface area contributed by atoms with Crippen molar-refractivity contribution in [2.75, 3.05) is 19.0 Å². The molecule has 2 amide bonds. The number of nitrogens with one attached hydrogen (secondary N) is 1. The number of anilines is 1. The van der Waals surface area contributed by atoms with Crippen molar-refractivity contribution in [3.63, 3.8) is 0 Å². The quantitative estimate of drug-likeness (QED) is 0.869. The van der Waals surface area contributed by atoms with Gasteiger partial charge in [-0.15, -0.1) is 5.10 Å². The topological polar surface area (TPSA) is 102 Å². The molecular formula is C14H14N6O3. The van der Waals surface area contributed by atoms with Crippen LogP contribution in [0.2, 0.25) is 0 Å². The van der Waals surface area contributed by atoms with Crippen molar-refractivity contribution in [2.24, 2.45) is 0 Å². The van der Waals surface area contributed by atoms with Gasteiger partial charge in [-0.25, -0.2) is 0 Å². The molecule has 9 heteroatoms. The molecule has 0 saturated heterocycles. The van der Waals surface area contributed by atoms with Gasteiger partial charge in [-0.1, -0.05) is 0 Å². The maximum atomic E-state index is 11.7. The molecule has 1 aliphatic heterocycles. The molecule has 1 aliphatic rings. The lowest BCUT2D eigenvalue weighted by Crippen LogP contribution is -2.31. The summed E-state index contributed by atoms with van der Waals surface area (Å²) in [5, 5.41) is 14.1. The first-order chi connectivity index (χ1) is 11.1. The minimum atomic E-state index is -0.322. The van der Waals surface area contributed by atoms with Crippen LogP contribution in [0.4, 0.5) is 5.69 Å². The number of carbonyl (C=O) groups is 2. The Morgan fingerprint density at radius 2 is 2.22 bits per heavy atom. The Hall–Kier alpha value is -3.23. The van der Waals surface area contributed by atoms with Crippen LogP contribution in [0.5, 0.6) is 5.75 Å². The van der Waals surface area contributed by atoms with E-state index < -0.39 is 0 Å². The van der Waals surface area contributed by atoms with E-state index in [0.29, 0.717) is 17.1 Å². The number of tetrazole rings is 1. The second-order valence-corrected chi connectivity index (χ2v) is 4.88. The van der Waals surface area contributed by atoms with Gasteiger partial charge in [0, 0.05) is 30.5 Å². The van der Waals surface area contributed by atoms with E-state index in [1.807, 2.05) is 0 Å². The van der Waals surface area contributed by atoms with Crippen molar-refractivity contribution in [2.45, 2.75) is 6.92 Å². The Kier molecular flexibility index (Phi) is 3.75. The van der Waals surface area contributed by atoms with Gasteiger partial charge in [0.25, 0.3) is 5.91 Å². The number of benzene rings is 1. The minimum absolute atomic E-state index is 0.227. The Balaban J connectivity index is 1.81. The van der Waals surface area contributed by atoms with Crippen LogP contribution in [0.15, 0.2) is 36.3 Å². The predicted molar refractivity (Wildman–Crippen MR) is 79.8 cm³/mol. The fraction of sp³-hybridized carbons (Fsp3) is 0.214. The lowest BCUT2D eigenvalue weighted by molar-refractivity contribution is -0.138. The van der Waals surface area contributed by atoms with E-state index in [-0.39, 0.29) is 18.4 Å². The van der Waals surface area contributed by atoms with Crippen LogP contribution in [0, 0.1) is 0 Å². The zero-order chi connectivity index (χ0) is 16.4. The molecule has 0 aliphatic carbocycles. The number of rotatable bonds is 4. The summed E-state index contributed by atoms with van der Waals surface area (Å²) in [6, 6.07) is 5.36. The van der Waals surface area contributed by atoms with Crippen molar-refractivity contribution in [1.29, 1.82) is 0 Å². The van der Waals surface area contributed by atoms with Gasteiger partial charge in [0.15, 0.2) is 0 Å². The van der Waals surface area contributed by atoms with Crippen LogP contribution < -0.4 is 10.1 Å². The third-order valence-electron chi connectivity index (χ3n) is 3.35. The summed E-state index contributed by atoms with van der Waals surface area (Å²) in [7, 11) is 1.54. The van der Waals surface area contributed by atoms with Crippen molar-refractivity contribution < 1.29 is 14.3 Å². The highest BCUT2D eigenvalue weighted by Gasteiger charge is 2.24. The van der Waals surface area contributed by atoms with E-state index in [1.165, 1.54) is 24.0 Å². The third kappa shape index (κ3) is 2.89. The minimum Gasteiger partial charge on any atom is -0.494 e. The number of imide groups is 1. The summed E-state index contributed by atoms with van der Waals surface area (Å²) >= 11 is 0. The van der Waals surface area contributed by atoms with Crippen LogP contribution in [0.25, 0.3) is 5.69 Å². The van der Waals surface area contributed by atoms with Gasteiger partial charge in [0.2, 0.25) is 5.91 Å². The number of amides is 2. The zero-order valence-corrected chi connectivity index (χ0v) is 12.6. The maximum Gasteiger partial charge on any atom is 0.255 e. The molecule has 0 unspecified atom stereocenters. The van der Waals surface area contributed by atoms with Crippen LogP contribution >= 0.6 is 0 Å². The first kappa shape index (κ1) is 14.7. The van der Waals surface area contributed by atoms with Crippen LogP contribution in [-0.4, -0.2) is 50.6 Å². The van der Waals surface area contributed by atoms with Gasteiger partial charge < -0.3 is 10.1 Å². The molecule has 0 spiro atoms. The molecule has 1 aromatic heterocycles. The number of carbonyl (C=O) groups excluding carboxylic acids is 2. The molecule has 0 atom stereocenters. The average Bonchev–Trinajstić information content (AvgIpc) is 3.17. The number of methoxy groups -OCH3 is 1. The van der Waals surface area contributed by atoms with Crippen molar-refractivity contribution in [1.82, 2.24) is 25.1 Å². The normalized spacial score (nSPS) is 13.9. The van der Waals surface area contributed by atoms with Gasteiger partial charge in [-0.05, 0) is 22.6 Å². The fourth-order valence-electron chi connectivity index (χ4n) is 2.26. The second-order valence-electron chi connectivity index (χ2n) is 4.88. The zero-order valence-electron chi connectivity index (χ0n) is 12.6. The molecule has 1 aromatic carbocycles. The van der Waals surface area contributed by atoms with Crippen LogP contribution in [-0.2, 0) is 9.59 Å². The molecule has 0 radical (unpaired) electrons. The van der Waals surface area contributed by atoms with E-state index in [2.05, 4.69) is 20.8 Å². The van der Waals surface area contributed by atoms with E-state index in [9.17, 15) is 9.59 Å². The van der Waals surface area contributed by atoms with Crippen LogP contribution in [0.1, 0.15) is 6.92 Å². The van der Waals surface area contributed by atoms with E-state index in [4.69, 9.17) is 4.74 Å². The molecular weight excluding hydrogens is 300 g/mol. The molecule has 0 fully saturated rings. The summed E-state index contributed by atoms with van der Waals surface area (Å²) in [6.45, 7) is 1.59. The van der Waals surface area contributed by atoms with Gasteiger partial charge in [-0.2, -0.15) is 4.68 Å². The SMILES string of the molecule is COc1cc(NC2=CC(=O)N(C(C)=O)C2)ccc1-n1cnnn1. The highest BCUT2D eigenvalue weighted by atomic mass is 16.5. The van der Waals surface area contributed by atoms with Gasteiger partial charge in [-0.3, -0.25) is 14.5 Å². The van der Waals surface area contributed by atoms with Gasteiger partial charge >= 0.3 is 0 Å². The summed E-state index contributed by atoms with van der Waals surface area (Å²) in [5.74, 6) is -0.0393. The number of hydrogen-bond acceptors (Lipinski definition) is 7. The Morgan fingerprint density at radius 1 is 1.39 bits per heavy atom.